The van der Waals surface area contributed by atoms with Crippen molar-refractivity contribution in [3.05, 3.63) is 24.4 Å². The van der Waals surface area contributed by atoms with E-state index in [1.54, 1.807) is 14.0 Å². The number of ether oxygens (including phenoxy) is 1. The molecule has 0 aliphatic heterocycles. The molecule has 2 aromatic rings. The largest absolute Gasteiger partial charge is 0.426 e. The molecule has 0 saturated heterocycles. The molecule has 0 fully saturated rings. The Morgan fingerprint density at radius 2 is 2.33 bits per heavy atom. The molecular formula is C8H9N5O2. The lowest BCUT2D eigenvalue weighted by molar-refractivity contribution is 0.199. The number of hydrogen-bond acceptors (Lipinski definition) is 5. The molecule has 0 spiro atoms. The highest BCUT2D eigenvalue weighted by Gasteiger charge is 2.11. The van der Waals surface area contributed by atoms with Crippen LogP contribution in [0.15, 0.2) is 18.6 Å². The Morgan fingerprint density at radius 3 is 2.87 bits per heavy atom. The SMILES string of the molecule is Cc1nccn1C(=O)Oc1cnn(C)n1. The van der Waals surface area contributed by atoms with Gasteiger partial charge in [-0.15, -0.1) is 5.10 Å². The van der Waals surface area contributed by atoms with Crippen molar-refractivity contribution in [3.8, 4) is 5.88 Å². The Morgan fingerprint density at radius 1 is 1.53 bits per heavy atom. The van der Waals surface area contributed by atoms with E-state index in [0.717, 1.165) is 0 Å². The van der Waals surface area contributed by atoms with E-state index in [1.807, 2.05) is 0 Å². The molecule has 0 atom stereocenters. The van der Waals surface area contributed by atoms with Gasteiger partial charge in [0.1, 0.15) is 12.0 Å². The van der Waals surface area contributed by atoms with E-state index in [9.17, 15) is 4.79 Å². The van der Waals surface area contributed by atoms with Crippen LogP contribution in [0.1, 0.15) is 5.82 Å². The lowest BCUT2D eigenvalue weighted by atomic mass is 10.7. The summed E-state index contributed by atoms with van der Waals surface area (Å²) in [5.74, 6) is 0.722. The fraction of sp³-hybridized carbons (Fsp3) is 0.250. The summed E-state index contributed by atoms with van der Waals surface area (Å²) in [7, 11) is 1.64. The third-order valence-corrected chi connectivity index (χ3v) is 1.79. The average Bonchev–Trinajstić information content (AvgIpc) is 2.75. The minimum atomic E-state index is -0.550. The average molecular weight is 207 g/mol. The van der Waals surface area contributed by atoms with Crippen LogP contribution in [0.2, 0.25) is 0 Å². The van der Waals surface area contributed by atoms with Gasteiger partial charge in [0, 0.05) is 19.4 Å². The lowest BCUT2D eigenvalue weighted by Gasteiger charge is -2.01. The summed E-state index contributed by atoms with van der Waals surface area (Å²) in [5, 5.41) is 7.60. The fourth-order valence-corrected chi connectivity index (χ4v) is 1.08. The van der Waals surface area contributed by atoms with Crippen LogP contribution in [0.5, 0.6) is 5.88 Å². The van der Waals surface area contributed by atoms with Gasteiger partial charge in [0.15, 0.2) is 0 Å². The van der Waals surface area contributed by atoms with Crippen LogP contribution in [0.25, 0.3) is 0 Å². The summed E-state index contributed by atoms with van der Waals surface area (Å²) in [6.45, 7) is 1.71. The van der Waals surface area contributed by atoms with E-state index in [2.05, 4.69) is 15.2 Å². The molecule has 78 valence electrons. The molecule has 7 heteroatoms. The quantitative estimate of drug-likeness (QED) is 0.675. The van der Waals surface area contributed by atoms with Gasteiger partial charge in [0.2, 0.25) is 0 Å². The summed E-state index contributed by atoms with van der Waals surface area (Å²) in [6, 6.07) is 0. The second-order valence-electron chi connectivity index (χ2n) is 2.88. The molecule has 7 nitrogen and oxygen atoms in total. The number of aromatic nitrogens is 5. The number of hydrogen-bond donors (Lipinski definition) is 0. The molecule has 0 aromatic carbocycles. The molecule has 2 heterocycles. The van der Waals surface area contributed by atoms with Gasteiger partial charge in [-0.3, -0.25) is 0 Å². The maximum atomic E-state index is 11.5. The molecular weight excluding hydrogens is 198 g/mol. The van der Waals surface area contributed by atoms with E-state index in [1.165, 1.54) is 28.0 Å². The molecule has 0 unspecified atom stereocenters. The van der Waals surface area contributed by atoms with Crippen molar-refractivity contribution in [1.29, 1.82) is 0 Å². The van der Waals surface area contributed by atoms with Crippen molar-refractivity contribution in [2.24, 2.45) is 7.05 Å². The predicted octanol–water partition coefficient (Wildman–Crippen LogP) is 0.367. The van der Waals surface area contributed by atoms with Gasteiger partial charge in [-0.25, -0.2) is 14.3 Å². The van der Waals surface area contributed by atoms with Crippen molar-refractivity contribution in [2.75, 3.05) is 0 Å². The highest BCUT2D eigenvalue weighted by atomic mass is 16.6. The monoisotopic (exact) mass is 207 g/mol. The van der Waals surface area contributed by atoms with Crippen LogP contribution < -0.4 is 4.74 Å². The molecule has 0 aliphatic carbocycles. The van der Waals surface area contributed by atoms with Gasteiger partial charge >= 0.3 is 6.09 Å². The zero-order chi connectivity index (χ0) is 10.8. The number of imidazole rings is 1. The maximum absolute atomic E-state index is 11.5. The smallest absolute Gasteiger partial charge is 0.387 e. The van der Waals surface area contributed by atoms with Gasteiger partial charge in [-0.2, -0.15) is 9.90 Å². The minimum Gasteiger partial charge on any atom is -0.387 e. The van der Waals surface area contributed by atoms with Gasteiger partial charge in [0.25, 0.3) is 5.88 Å². The van der Waals surface area contributed by atoms with Gasteiger partial charge in [-0.1, -0.05) is 0 Å². The van der Waals surface area contributed by atoms with Gasteiger partial charge in [-0.05, 0) is 6.92 Å². The first-order valence-electron chi connectivity index (χ1n) is 4.25. The normalized spacial score (nSPS) is 10.3. The number of nitrogens with zero attached hydrogens (tertiary/aromatic N) is 5. The molecule has 0 aliphatic rings. The summed E-state index contributed by atoms with van der Waals surface area (Å²) in [6.07, 6.45) is 3.86. The summed E-state index contributed by atoms with van der Waals surface area (Å²) in [4.78, 5) is 16.7. The van der Waals surface area contributed by atoms with Crippen molar-refractivity contribution in [1.82, 2.24) is 24.5 Å². The van der Waals surface area contributed by atoms with Crippen molar-refractivity contribution in [3.63, 3.8) is 0 Å². The summed E-state index contributed by atoms with van der Waals surface area (Å²) < 4.78 is 6.24. The molecule has 15 heavy (non-hydrogen) atoms. The Balaban J connectivity index is 2.14. The maximum Gasteiger partial charge on any atom is 0.426 e. The molecule has 2 rings (SSSR count). The second kappa shape index (κ2) is 3.52. The minimum absolute atomic E-state index is 0.163. The van der Waals surface area contributed by atoms with E-state index < -0.39 is 6.09 Å². The Hall–Kier alpha value is -2.18. The number of carbonyl (C=O) groups excluding carboxylic acids is 1. The molecule has 0 N–H and O–H groups in total. The van der Waals surface area contributed by atoms with Gasteiger partial charge in [0.05, 0.1) is 0 Å². The van der Waals surface area contributed by atoms with Crippen LogP contribution in [-0.4, -0.2) is 30.6 Å². The topological polar surface area (TPSA) is 74.8 Å². The van der Waals surface area contributed by atoms with Crippen LogP contribution >= 0.6 is 0 Å². The Bertz CT molecular complexity index is 487. The number of carbonyl (C=O) groups is 1. The van der Waals surface area contributed by atoms with E-state index in [4.69, 9.17) is 4.74 Å². The molecule has 0 amide bonds. The lowest BCUT2D eigenvalue weighted by Crippen LogP contribution is -2.17. The van der Waals surface area contributed by atoms with Crippen LogP contribution in [0.4, 0.5) is 4.79 Å². The third kappa shape index (κ3) is 1.85. The standard InChI is InChI=1S/C8H9N5O2/c1-6-9-3-4-13(6)8(14)15-7-5-10-12(2)11-7/h3-5H,1-2H3. The molecule has 0 saturated carbocycles. The van der Waals surface area contributed by atoms with Crippen LogP contribution in [-0.2, 0) is 7.05 Å². The highest BCUT2D eigenvalue weighted by molar-refractivity contribution is 5.73. The zero-order valence-electron chi connectivity index (χ0n) is 8.28. The molecule has 0 bridgehead atoms. The Kier molecular flexibility index (Phi) is 2.20. The van der Waals surface area contributed by atoms with Crippen LogP contribution in [0.3, 0.4) is 0 Å². The van der Waals surface area contributed by atoms with Crippen molar-refractivity contribution < 1.29 is 9.53 Å². The van der Waals surface area contributed by atoms with E-state index in [-0.39, 0.29) is 5.88 Å². The third-order valence-electron chi connectivity index (χ3n) is 1.79. The van der Waals surface area contributed by atoms with E-state index >= 15 is 0 Å². The highest BCUT2D eigenvalue weighted by Crippen LogP contribution is 2.04. The zero-order valence-corrected chi connectivity index (χ0v) is 8.28. The first-order valence-corrected chi connectivity index (χ1v) is 4.25. The summed E-state index contributed by atoms with van der Waals surface area (Å²) >= 11 is 0. The van der Waals surface area contributed by atoms with E-state index in [0.29, 0.717) is 5.82 Å². The van der Waals surface area contributed by atoms with Crippen molar-refractivity contribution in [2.45, 2.75) is 6.92 Å². The van der Waals surface area contributed by atoms with Crippen molar-refractivity contribution >= 4 is 6.09 Å². The number of aryl methyl sites for hydroxylation is 2. The molecule has 2 aromatic heterocycles. The second-order valence-corrected chi connectivity index (χ2v) is 2.88. The fourth-order valence-electron chi connectivity index (χ4n) is 1.08. The first kappa shape index (κ1) is 9.38. The Labute approximate surface area is 85.3 Å². The summed E-state index contributed by atoms with van der Waals surface area (Å²) in [5.41, 5.74) is 0. The van der Waals surface area contributed by atoms with Crippen LogP contribution in [0, 0.1) is 6.92 Å². The number of rotatable bonds is 1. The predicted molar refractivity (Wildman–Crippen MR) is 49.4 cm³/mol. The van der Waals surface area contributed by atoms with Gasteiger partial charge < -0.3 is 4.74 Å². The first-order chi connectivity index (χ1) is 7.16. The molecule has 0 radical (unpaired) electrons.